The number of aromatic nitrogens is 1. The van der Waals surface area contributed by atoms with Crippen LogP contribution in [0.2, 0.25) is 0 Å². The smallest absolute Gasteiger partial charge is 0.261 e. The van der Waals surface area contributed by atoms with Crippen LogP contribution < -0.4 is 10.0 Å². The summed E-state index contributed by atoms with van der Waals surface area (Å²) >= 11 is 0. The molecule has 25 heavy (non-hydrogen) atoms. The molecule has 0 fully saturated rings. The molecular formula is C19H27N3O2S. The van der Waals surface area contributed by atoms with Crippen LogP contribution in [0.15, 0.2) is 47.5 Å². The lowest BCUT2D eigenvalue weighted by molar-refractivity contribution is 0.587. The molecular weight excluding hydrogens is 334 g/mol. The third-order valence-electron chi connectivity index (χ3n) is 4.05. The maximum atomic E-state index is 12.5. The van der Waals surface area contributed by atoms with Gasteiger partial charge in [-0.25, -0.2) is 13.4 Å². The topological polar surface area (TPSA) is 71.1 Å². The molecule has 1 heterocycles. The second-order valence-corrected chi connectivity index (χ2v) is 8.95. The lowest BCUT2D eigenvalue weighted by Gasteiger charge is -2.19. The van der Waals surface area contributed by atoms with E-state index in [2.05, 4.69) is 49.6 Å². The van der Waals surface area contributed by atoms with Gasteiger partial charge in [-0.1, -0.05) is 39.8 Å². The molecule has 0 radical (unpaired) electrons. The van der Waals surface area contributed by atoms with E-state index in [4.69, 9.17) is 0 Å². The molecule has 136 valence electrons. The number of sulfonamides is 1. The molecule has 0 saturated carbocycles. The van der Waals surface area contributed by atoms with Gasteiger partial charge in [0.05, 0.1) is 16.8 Å². The Kier molecular flexibility index (Phi) is 5.72. The highest BCUT2D eigenvalue weighted by molar-refractivity contribution is 7.92. The SMILES string of the molecule is CCC(C)Nc1ccc(NS(=O)(=O)c2ccc(C(C)(C)C)cc2)cn1. The molecule has 1 aromatic heterocycles. The summed E-state index contributed by atoms with van der Waals surface area (Å²) in [5.41, 5.74) is 1.51. The minimum atomic E-state index is -3.63. The number of rotatable bonds is 6. The third kappa shape index (κ3) is 5.19. The first-order valence-corrected chi connectivity index (χ1v) is 9.96. The Bertz CT molecular complexity index is 792. The van der Waals surface area contributed by atoms with Crippen LogP contribution in [-0.2, 0) is 15.4 Å². The fourth-order valence-corrected chi connectivity index (χ4v) is 3.29. The average molecular weight is 362 g/mol. The fourth-order valence-electron chi connectivity index (χ4n) is 2.24. The molecule has 1 atom stereocenters. The molecule has 0 amide bonds. The quantitative estimate of drug-likeness (QED) is 0.800. The molecule has 5 nitrogen and oxygen atoms in total. The number of hydrogen-bond acceptors (Lipinski definition) is 4. The molecule has 0 aliphatic rings. The van der Waals surface area contributed by atoms with Crippen molar-refractivity contribution in [2.45, 2.75) is 57.4 Å². The second kappa shape index (κ2) is 7.44. The molecule has 0 bridgehead atoms. The van der Waals surface area contributed by atoms with Crippen molar-refractivity contribution in [3.05, 3.63) is 48.2 Å². The van der Waals surface area contributed by atoms with Crippen LogP contribution in [0.1, 0.15) is 46.6 Å². The van der Waals surface area contributed by atoms with Gasteiger partial charge in [0.15, 0.2) is 0 Å². The summed E-state index contributed by atoms with van der Waals surface area (Å²) in [6.45, 7) is 10.4. The van der Waals surface area contributed by atoms with E-state index >= 15 is 0 Å². The summed E-state index contributed by atoms with van der Waals surface area (Å²) < 4.78 is 27.6. The first-order valence-electron chi connectivity index (χ1n) is 8.48. The molecule has 0 aliphatic heterocycles. The monoisotopic (exact) mass is 361 g/mol. The summed E-state index contributed by atoms with van der Waals surface area (Å²) in [6.07, 6.45) is 2.51. The maximum absolute atomic E-state index is 12.5. The molecule has 1 unspecified atom stereocenters. The van der Waals surface area contributed by atoms with E-state index in [1.165, 1.54) is 6.20 Å². The van der Waals surface area contributed by atoms with Crippen molar-refractivity contribution >= 4 is 21.5 Å². The summed E-state index contributed by atoms with van der Waals surface area (Å²) in [5.74, 6) is 0.729. The lowest BCUT2D eigenvalue weighted by atomic mass is 9.87. The van der Waals surface area contributed by atoms with Gasteiger partial charge in [-0.2, -0.15) is 0 Å². The van der Waals surface area contributed by atoms with Crippen molar-refractivity contribution in [1.29, 1.82) is 0 Å². The highest BCUT2D eigenvalue weighted by atomic mass is 32.2. The molecule has 2 rings (SSSR count). The van der Waals surface area contributed by atoms with Crippen molar-refractivity contribution < 1.29 is 8.42 Å². The second-order valence-electron chi connectivity index (χ2n) is 7.27. The van der Waals surface area contributed by atoms with Gasteiger partial charge in [-0.15, -0.1) is 0 Å². The van der Waals surface area contributed by atoms with Gasteiger partial charge >= 0.3 is 0 Å². The van der Waals surface area contributed by atoms with Crippen LogP contribution in [0.4, 0.5) is 11.5 Å². The predicted octanol–water partition coefficient (Wildman–Crippen LogP) is 4.39. The van der Waals surface area contributed by atoms with Gasteiger partial charge < -0.3 is 5.32 Å². The highest BCUT2D eigenvalue weighted by Gasteiger charge is 2.17. The number of nitrogens with zero attached hydrogens (tertiary/aromatic N) is 1. The lowest BCUT2D eigenvalue weighted by Crippen LogP contribution is -2.16. The van der Waals surface area contributed by atoms with E-state index in [0.717, 1.165) is 17.8 Å². The van der Waals surface area contributed by atoms with E-state index in [-0.39, 0.29) is 10.3 Å². The van der Waals surface area contributed by atoms with Gasteiger partial charge in [0.1, 0.15) is 5.82 Å². The number of benzene rings is 1. The van der Waals surface area contributed by atoms with Crippen molar-refractivity contribution in [1.82, 2.24) is 4.98 Å². The summed E-state index contributed by atoms with van der Waals surface area (Å²) in [5, 5.41) is 3.25. The number of anilines is 2. The zero-order valence-corrected chi connectivity index (χ0v) is 16.3. The Morgan fingerprint density at radius 1 is 1.08 bits per heavy atom. The average Bonchev–Trinajstić information content (AvgIpc) is 2.55. The van der Waals surface area contributed by atoms with E-state index in [1.807, 2.05) is 12.1 Å². The van der Waals surface area contributed by atoms with Gasteiger partial charge in [0.25, 0.3) is 10.0 Å². The van der Waals surface area contributed by atoms with E-state index in [0.29, 0.717) is 11.7 Å². The summed E-state index contributed by atoms with van der Waals surface area (Å²) in [4.78, 5) is 4.49. The standard InChI is InChI=1S/C19H27N3O2S/c1-6-14(2)21-18-12-9-16(13-20-18)22-25(23,24)17-10-7-15(8-11-17)19(3,4)5/h7-14,22H,6H2,1-5H3,(H,20,21). The zero-order chi connectivity index (χ0) is 18.7. The molecule has 0 spiro atoms. The van der Waals surface area contributed by atoms with E-state index < -0.39 is 10.0 Å². The Morgan fingerprint density at radius 2 is 1.72 bits per heavy atom. The molecule has 6 heteroatoms. The number of hydrogen-bond donors (Lipinski definition) is 2. The first-order chi connectivity index (χ1) is 11.6. The Balaban J connectivity index is 2.13. The third-order valence-corrected chi connectivity index (χ3v) is 5.45. The Hall–Kier alpha value is -2.08. The van der Waals surface area contributed by atoms with Crippen molar-refractivity contribution in [3.63, 3.8) is 0 Å². The van der Waals surface area contributed by atoms with Crippen molar-refractivity contribution in [2.75, 3.05) is 10.0 Å². The largest absolute Gasteiger partial charge is 0.368 e. The minimum absolute atomic E-state index is 0.0158. The zero-order valence-electron chi connectivity index (χ0n) is 15.5. The van der Waals surface area contributed by atoms with Crippen LogP contribution in [-0.4, -0.2) is 19.4 Å². The van der Waals surface area contributed by atoms with E-state index in [9.17, 15) is 8.42 Å². The minimum Gasteiger partial charge on any atom is -0.368 e. The molecule has 1 aromatic carbocycles. The first kappa shape index (κ1) is 19.2. The van der Waals surface area contributed by atoms with Gasteiger partial charge in [-0.3, -0.25) is 4.72 Å². The molecule has 2 N–H and O–H groups in total. The summed E-state index contributed by atoms with van der Waals surface area (Å²) in [7, 11) is -3.63. The highest BCUT2D eigenvalue weighted by Crippen LogP contribution is 2.24. The van der Waals surface area contributed by atoms with Gasteiger partial charge in [0.2, 0.25) is 0 Å². The molecule has 0 saturated heterocycles. The van der Waals surface area contributed by atoms with Crippen LogP contribution in [0.3, 0.4) is 0 Å². The molecule has 2 aromatic rings. The predicted molar refractivity (Wildman–Crippen MR) is 104 cm³/mol. The van der Waals surface area contributed by atoms with E-state index in [1.54, 1.807) is 24.3 Å². The van der Waals surface area contributed by atoms with Gasteiger partial charge in [0, 0.05) is 6.04 Å². The summed E-state index contributed by atoms with van der Waals surface area (Å²) in [6, 6.07) is 10.8. The number of nitrogens with one attached hydrogen (secondary N) is 2. The number of pyridine rings is 1. The van der Waals surface area contributed by atoms with Crippen LogP contribution in [0.25, 0.3) is 0 Å². The molecule has 0 aliphatic carbocycles. The van der Waals surface area contributed by atoms with Crippen molar-refractivity contribution in [3.8, 4) is 0 Å². The van der Waals surface area contributed by atoms with Crippen molar-refractivity contribution in [2.24, 2.45) is 0 Å². The Labute approximate surface area is 150 Å². The van der Waals surface area contributed by atoms with Gasteiger partial charge in [-0.05, 0) is 48.6 Å². The van der Waals surface area contributed by atoms with Crippen LogP contribution in [0.5, 0.6) is 0 Å². The normalized spacial score (nSPS) is 13.3. The maximum Gasteiger partial charge on any atom is 0.261 e. The Morgan fingerprint density at radius 3 is 2.20 bits per heavy atom. The van der Waals surface area contributed by atoms with Crippen LogP contribution >= 0.6 is 0 Å². The fraction of sp³-hybridized carbons (Fsp3) is 0.421. The van der Waals surface area contributed by atoms with Crippen LogP contribution in [0, 0.1) is 0 Å².